The summed E-state index contributed by atoms with van der Waals surface area (Å²) >= 11 is 7.38. The average Bonchev–Trinajstić information content (AvgIpc) is 2.79. The Morgan fingerprint density at radius 3 is 2.58 bits per heavy atom. The van der Waals surface area contributed by atoms with Crippen LogP contribution in [0.1, 0.15) is 24.0 Å². The fourth-order valence-electron chi connectivity index (χ4n) is 3.53. The van der Waals surface area contributed by atoms with Crippen LogP contribution in [-0.2, 0) is 19.1 Å². The normalized spacial score (nSPS) is 17.7. The van der Waals surface area contributed by atoms with Crippen molar-refractivity contribution in [3.05, 3.63) is 75.3 Å². The van der Waals surface area contributed by atoms with E-state index in [0.717, 1.165) is 17.3 Å². The van der Waals surface area contributed by atoms with E-state index in [4.69, 9.17) is 16.3 Å². The molecule has 2 N–H and O–H groups in total. The molecule has 2 atom stereocenters. The molecule has 2 amide bonds. The number of carbonyl (C=O) groups is 3. The van der Waals surface area contributed by atoms with Crippen molar-refractivity contribution < 1.29 is 19.1 Å². The van der Waals surface area contributed by atoms with Crippen LogP contribution in [0.2, 0.25) is 5.02 Å². The molecule has 0 aromatic heterocycles. The summed E-state index contributed by atoms with van der Waals surface area (Å²) in [5, 5.41) is 15.9. The maximum Gasteiger partial charge on any atom is 0.319 e. The summed E-state index contributed by atoms with van der Waals surface area (Å²) in [5.74, 6) is -3.90. The number of carbonyl (C=O) groups excluding carboxylic acids is 3. The minimum Gasteiger partial charge on any atom is -0.465 e. The van der Waals surface area contributed by atoms with Crippen molar-refractivity contribution >= 4 is 46.8 Å². The second kappa shape index (κ2) is 11.0. The average molecular weight is 484 g/mol. The smallest absolute Gasteiger partial charge is 0.319 e. The number of nitrogens with one attached hydrogen (secondary N) is 2. The van der Waals surface area contributed by atoms with Crippen LogP contribution in [-0.4, -0.2) is 30.1 Å². The van der Waals surface area contributed by atoms with Gasteiger partial charge < -0.3 is 15.4 Å². The Balaban J connectivity index is 1.92. The van der Waals surface area contributed by atoms with Gasteiger partial charge >= 0.3 is 5.97 Å². The fourth-order valence-corrected chi connectivity index (χ4v) is 4.63. The first-order valence-corrected chi connectivity index (χ1v) is 11.6. The molecule has 170 valence electrons. The van der Waals surface area contributed by atoms with Crippen molar-refractivity contribution in [2.45, 2.75) is 19.8 Å². The van der Waals surface area contributed by atoms with Gasteiger partial charge in [0.2, 0.25) is 11.8 Å². The molecular formula is C24H22ClN3O4S. The number of hydrogen-bond donors (Lipinski definition) is 2. The zero-order valence-electron chi connectivity index (χ0n) is 18.1. The van der Waals surface area contributed by atoms with Gasteiger partial charge in [0, 0.05) is 16.6 Å². The Kier molecular flexibility index (Phi) is 8.15. The number of esters is 1. The molecule has 0 saturated heterocycles. The topological polar surface area (TPSA) is 108 Å². The number of halogens is 1. The standard InChI is InChI=1S/C24H22ClN3O4S/c1-3-32-24(31)21-20(15-9-5-6-10-17(15)25)16(12-26)23(28-22(21)30)33-13-19(29)27-18-11-7-4-8-14(18)2/h4-11,20-21H,3,13H2,1-2H3,(H,27,29)(H,28,30)/t20-,21-/m1/s1. The number of benzene rings is 2. The zero-order chi connectivity index (χ0) is 24.0. The first kappa shape index (κ1) is 24.4. The summed E-state index contributed by atoms with van der Waals surface area (Å²) in [5.41, 5.74) is 2.21. The lowest BCUT2D eigenvalue weighted by atomic mass is 9.78. The molecule has 1 heterocycles. The molecule has 0 bridgehead atoms. The van der Waals surface area contributed by atoms with Crippen LogP contribution in [0.5, 0.6) is 0 Å². The number of allylic oxidation sites excluding steroid dienone is 1. The highest BCUT2D eigenvalue weighted by atomic mass is 35.5. The van der Waals surface area contributed by atoms with Crippen LogP contribution in [0.15, 0.2) is 59.1 Å². The number of para-hydroxylation sites is 1. The third-order valence-electron chi connectivity index (χ3n) is 5.08. The van der Waals surface area contributed by atoms with Gasteiger partial charge in [0.05, 0.1) is 29.0 Å². The van der Waals surface area contributed by atoms with Crippen molar-refractivity contribution in [1.82, 2.24) is 5.32 Å². The van der Waals surface area contributed by atoms with Gasteiger partial charge in [0.15, 0.2) is 0 Å². The molecule has 0 radical (unpaired) electrons. The molecule has 3 rings (SSSR count). The highest BCUT2D eigenvalue weighted by molar-refractivity contribution is 8.03. The van der Waals surface area contributed by atoms with Gasteiger partial charge in [-0.1, -0.05) is 59.8 Å². The van der Waals surface area contributed by atoms with E-state index in [0.29, 0.717) is 16.3 Å². The third-order valence-corrected chi connectivity index (χ3v) is 6.44. The Bertz CT molecular complexity index is 1160. The third kappa shape index (κ3) is 5.56. The second-order valence-corrected chi connectivity index (χ2v) is 8.62. The van der Waals surface area contributed by atoms with Crippen LogP contribution < -0.4 is 10.6 Å². The van der Waals surface area contributed by atoms with Crippen LogP contribution in [0.4, 0.5) is 5.69 Å². The van der Waals surface area contributed by atoms with Crippen molar-refractivity contribution in [3.8, 4) is 6.07 Å². The fraction of sp³-hybridized carbons (Fsp3) is 0.250. The highest BCUT2D eigenvalue weighted by Crippen LogP contribution is 2.42. The minimum atomic E-state index is -1.27. The predicted octanol–water partition coefficient (Wildman–Crippen LogP) is 4.15. The van der Waals surface area contributed by atoms with Crippen LogP contribution >= 0.6 is 23.4 Å². The van der Waals surface area contributed by atoms with Gasteiger partial charge in [-0.15, -0.1) is 0 Å². The maximum atomic E-state index is 12.9. The number of nitrogens with zero attached hydrogens (tertiary/aromatic N) is 1. The number of ether oxygens (including phenoxy) is 1. The summed E-state index contributed by atoms with van der Waals surface area (Å²) in [7, 11) is 0. The van der Waals surface area contributed by atoms with E-state index < -0.39 is 23.7 Å². The Hall–Kier alpha value is -3.28. The maximum absolute atomic E-state index is 12.9. The zero-order valence-corrected chi connectivity index (χ0v) is 19.6. The van der Waals surface area contributed by atoms with Gasteiger partial charge in [-0.2, -0.15) is 5.26 Å². The molecule has 0 saturated carbocycles. The SMILES string of the molecule is CCOC(=O)[C@H]1C(=O)NC(SCC(=O)Nc2ccccc2C)=C(C#N)[C@H]1c1ccccc1Cl. The van der Waals surface area contributed by atoms with Gasteiger partial charge in [0.1, 0.15) is 5.92 Å². The number of hydrogen-bond acceptors (Lipinski definition) is 6. The first-order valence-electron chi connectivity index (χ1n) is 10.2. The van der Waals surface area contributed by atoms with Crippen LogP contribution in [0.3, 0.4) is 0 Å². The number of rotatable bonds is 7. The Labute approximate surface area is 201 Å². The van der Waals surface area contributed by atoms with Gasteiger partial charge in [-0.25, -0.2) is 0 Å². The molecule has 0 spiro atoms. The quantitative estimate of drug-likeness (QED) is 0.452. The molecule has 33 heavy (non-hydrogen) atoms. The number of nitriles is 1. The van der Waals surface area contributed by atoms with E-state index in [9.17, 15) is 19.6 Å². The van der Waals surface area contributed by atoms with Crippen molar-refractivity contribution in [2.24, 2.45) is 5.92 Å². The summed E-state index contributed by atoms with van der Waals surface area (Å²) < 4.78 is 5.10. The number of anilines is 1. The van der Waals surface area contributed by atoms with E-state index in [1.165, 1.54) is 0 Å². The molecule has 9 heteroatoms. The van der Waals surface area contributed by atoms with Gasteiger partial charge in [-0.05, 0) is 37.1 Å². The number of amides is 2. The summed E-state index contributed by atoms with van der Waals surface area (Å²) in [6.07, 6.45) is 0. The molecule has 2 aromatic carbocycles. The first-order chi connectivity index (χ1) is 15.9. The molecule has 0 fully saturated rings. The molecule has 0 unspecified atom stereocenters. The van der Waals surface area contributed by atoms with E-state index in [1.807, 2.05) is 25.1 Å². The summed E-state index contributed by atoms with van der Waals surface area (Å²) in [6, 6.07) is 16.2. The van der Waals surface area contributed by atoms with Crippen LogP contribution in [0, 0.1) is 24.2 Å². The molecule has 1 aliphatic heterocycles. The lowest BCUT2D eigenvalue weighted by Crippen LogP contribution is -2.44. The number of thioether (sulfide) groups is 1. The monoisotopic (exact) mass is 483 g/mol. The molecule has 2 aromatic rings. The molecule has 0 aliphatic carbocycles. The molecule has 7 nitrogen and oxygen atoms in total. The van der Waals surface area contributed by atoms with E-state index >= 15 is 0 Å². The van der Waals surface area contributed by atoms with Crippen molar-refractivity contribution in [1.29, 1.82) is 5.26 Å². The largest absolute Gasteiger partial charge is 0.465 e. The number of aryl methyl sites for hydroxylation is 1. The minimum absolute atomic E-state index is 0.0472. The Morgan fingerprint density at radius 2 is 1.91 bits per heavy atom. The summed E-state index contributed by atoms with van der Waals surface area (Å²) in [4.78, 5) is 38.1. The van der Waals surface area contributed by atoms with Crippen molar-refractivity contribution in [2.75, 3.05) is 17.7 Å². The predicted molar refractivity (Wildman–Crippen MR) is 127 cm³/mol. The van der Waals surface area contributed by atoms with E-state index in [-0.39, 0.29) is 28.9 Å². The van der Waals surface area contributed by atoms with E-state index in [1.54, 1.807) is 37.3 Å². The highest BCUT2D eigenvalue weighted by Gasteiger charge is 2.45. The van der Waals surface area contributed by atoms with Gasteiger partial charge in [-0.3, -0.25) is 14.4 Å². The van der Waals surface area contributed by atoms with Crippen molar-refractivity contribution in [3.63, 3.8) is 0 Å². The lowest BCUT2D eigenvalue weighted by Gasteiger charge is -2.31. The summed E-state index contributed by atoms with van der Waals surface area (Å²) in [6.45, 7) is 3.60. The molecule has 1 aliphatic rings. The van der Waals surface area contributed by atoms with Gasteiger partial charge in [0.25, 0.3) is 0 Å². The second-order valence-electron chi connectivity index (χ2n) is 7.22. The van der Waals surface area contributed by atoms with Crippen LogP contribution in [0.25, 0.3) is 0 Å². The molecular weight excluding hydrogens is 462 g/mol. The van der Waals surface area contributed by atoms with E-state index in [2.05, 4.69) is 16.7 Å². The lowest BCUT2D eigenvalue weighted by molar-refractivity contribution is -0.152. The Morgan fingerprint density at radius 1 is 1.21 bits per heavy atom.